The molecule has 0 radical (unpaired) electrons. The van der Waals surface area contributed by atoms with E-state index in [2.05, 4.69) is 10.0 Å². The zero-order valence-electron chi connectivity index (χ0n) is 11.8. The van der Waals surface area contributed by atoms with Gasteiger partial charge in [0.2, 0.25) is 0 Å². The highest BCUT2D eigenvalue weighted by molar-refractivity contribution is 7.93. The van der Waals surface area contributed by atoms with Gasteiger partial charge >= 0.3 is 0 Å². The molecule has 0 saturated carbocycles. The molecule has 0 saturated heterocycles. The summed E-state index contributed by atoms with van der Waals surface area (Å²) in [6, 6.07) is 6.67. The topological polar surface area (TPSA) is 58.2 Å². The SMILES string of the molecule is CCNCc1scc(C)c1S(=O)(=O)Nc1cccc(Cl)c1. The van der Waals surface area contributed by atoms with Crippen LogP contribution in [0.15, 0.2) is 34.5 Å². The van der Waals surface area contributed by atoms with Gasteiger partial charge in [0.25, 0.3) is 10.0 Å². The maximum atomic E-state index is 12.6. The first kappa shape index (κ1) is 16.3. The van der Waals surface area contributed by atoms with E-state index in [0.29, 0.717) is 22.2 Å². The van der Waals surface area contributed by atoms with Crippen LogP contribution in [0.1, 0.15) is 17.4 Å². The van der Waals surface area contributed by atoms with Crippen LogP contribution < -0.4 is 10.0 Å². The summed E-state index contributed by atoms with van der Waals surface area (Å²) in [5.74, 6) is 0. The van der Waals surface area contributed by atoms with Gasteiger partial charge in [-0.2, -0.15) is 0 Å². The van der Waals surface area contributed by atoms with Crippen LogP contribution in [0.25, 0.3) is 0 Å². The Hall–Kier alpha value is -1.08. The number of hydrogen-bond donors (Lipinski definition) is 2. The molecule has 2 N–H and O–H groups in total. The van der Waals surface area contributed by atoms with Gasteiger partial charge in [-0.25, -0.2) is 8.42 Å². The molecule has 0 aliphatic rings. The van der Waals surface area contributed by atoms with Crippen LogP contribution in [0.4, 0.5) is 5.69 Å². The molecule has 2 aromatic rings. The summed E-state index contributed by atoms with van der Waals surface area (Å²) in [4.78, 5) is 1.16. The smallest absolute Gasteiger partial charge is 0.263 e. The number of aryl methyl sites for hydroxylation is 1. The van der Waals surface area contributed by atoms with E-state index in [1.807, 2.05) is 12.3 Å². The first-order valence-corrected chi connectivity index (χ1v) is 9.24. The fourth-order valence-corrected chi connectivity index (χ4v) is 4.99. The van der Waals surface area contributed by atoms with Gasteiger partial charge in [-0.3, -0.25) is 4.72 Å². The number of anilines is 1. The van der Waals surface area contributed by atoms with Gasteiger partial charge in [-0.15, -0.1) is 11.3 Å². The summed E-state index contributed by atoms with van der Waals surface area (Å²) in [5, 5.41) is 5.51. The molecule has 0 spiro atoms. The van der Waals surface area contributed by atoms with Gasteiger partial charge in [-0.1, -0.05) is 24.6 Å². The van der Waals surface area contributed by atoms with Crippen molar-refractivity contribution in [2.45, 2.75) is 25.3 Å². The molecule has 0 aliphatic heterocycles. The Morgan fingerprint density at radius 2 is 2.10 bits per heavy atom. The molecule has 1 heterocycles. The molecule has 21 heavy (non-hydrogen) atoms. The number of sulfonamides is 1. The minimum Gasteiger partial charge on any atom is -0.312 e. The zero-order valence-corrected chi connectivity index (χ0v) is 14.2. The molecule has 114 valence electrons. The third kappa shape index (κ3) is 3.97. The third-order valence-electron chi connectivity index (χ3n) is 2.87. The van der Waals surface area contributed by atoms with Crippen molar-refractivity contribution >= 4 is 38.6 Å². The largest absolute Gasteiger partial charge is 0.312 e. The minimum absolute atomic E-state index is 0.355. The van der Waals surface area contributed by atoms with Crippen LogP contribution in [-0.4, -0.2) is 15.0 Å². The second-order valence-corrected chi connectivity index (χ2v) is 7.59. The van der Waals surface area contributed by atoms with Crippen LogP contribution in [0.2, 0.25) is 5.02 Å². The highest BCUT2D eigenvalue weighted by Gasteiger charge is 2.23. The fourth-order valence-electron chi connectivity index (χ4n) is 1.97. The molecule has 1 aromatic heterocycles. The minimum atomic E-state index is -3.62. The van der Waals surface area contributed by atoms with E-state index >= 15 is 0 Å². The first-order valence-electron chi connectivity index (χ1n) is 6.50. The van der Waals surface area contributed by atoms with E-state index in [-0.39, 0.29) is 0 Å². The lowest BCUT2D eigenvalue weighted by atomic mass is 10.3. The molecule has 0 bridgehead atoms. The van der Waals surface area contributed by atoms with Crippen molar-refractivity contribution in [3.8, 4) is 0 Å². The van der Waals surface area contributed by atoms with E-state index < -0.39 is 10.0 Å². The molecule has 0 amide bonds. The molecule has 4 nitrogen and oxygen atoms in total. The Labute approximate surface area is 134 Å². The molecular weight excluding hydrogens is 328 g/mol. The van der Waals surface area contributed by atoms with Gasteiger partial charge in [0.1, 0.15) is 4.90 Å². The lowest BCUT2D eigenvalue weighted by molar-refractivity contribution is 0.599. The van der Waals surface area contributed by atoms with Crippen LogP contribution in [0.5, 0.6) is 0 Å². The van der Waals surface area contributed by atoms with Gasteiger partial charge in [-0.05, 0) is 42.6 Å². The van der Waals surface area contributed by atoms with Crippen LogP contribution in [0.3, 0.4) is 0 Å². The first-order chi connectivity index (χ1) is 9.94. The number of benzene rings is 1. The molecule has 0 fully saturated rings. The van der Waals surface area contributed by atoms with Gasteiger partial charge in [0.15, 0.2) is 0 Å². The van der Waals surface area contributed by atoms with Crippen molar-refractivity contribution in [2.24, 2.45) is 0 Å². The van der Waals surface area contributed by atoms with Crippen molar-refractivity contribution in [1.29, 1.82) is 0 Å². The van der Waals surface area contributed by atoms with Crippen LogP contribution in [0, 0.1) is 6.92 Å². The van der Waals surface area contributed by atoms with Crippen molar-refractivity contribution in [2.75, 3.05) is 11.3 Å². The second-order valence-electron chi connectivity index (χ2n) is 4.57. The molecular formula is C14H17ClN2O2S2. The quantitative estimate of drug-likeness (QED) is 0.841. The van der Waals surface area contributed by atoms with E-state index in [4.69, 9.17) is 11.6 Å². The molecule has 2 rings (SSSR count). The summed E-state index contributed by atoms with van der Waals surface area (Å²) < 4.78 is 27.8. The standard InChI is InChI=1S/C14H17ClN2O2S2/c1-3-16-8-13-14(10(2)9-20-13)21(18,19)17-12-6-4-5-11(15)7-12/h4-7,9,16-17H,3,8H2,1-2H3. The average Bonchev–Trinajstić information content (AvgIpc) is 2.77. The number of thiophene rings is 1. The predicted octanol–water partition coefficient (Wildman–Crippen LogP) is 3.62. The molecule has 1 aromatic carbocycles. The summed E-state index contributed by atoms with van der Waals surface area (Å²) in [5.41, 5.74) is 1.21. The van der Waals surface area contributed by atoms with Crippen LogP contribution in [-0.2, 0) is 16.6 Å². The monoisotopic (exact) mass is 344 g/mol. The molecule has 0 aliphatic carbocycles. The van der Waals surface area contributed by atoms with E-state index in [0.717, 1.165) is 17.0 Å². The Balaban J connectivity index is 2.33. The van der Waals surface area contributed by atoms with Crippen molar-refractivity contribution in [3.63, 3.8) is 0 Å². The molecule has 0 unspecified atom stereocenters. The summed E-state index contributed by atoms with van der Waals surface area (Å²) in [6.45, 7) is 5.12. The molecule has 0 atom stereocenters. The Kier molecular flexibility index (Phi) is 5.27. The lowest BCUT2D eigenvalue weighted by Gasteiger charge is -2.10. The summed E-state index contributed by atoms with van der Waals surface area (Å²) in [6.07, 6.45) is 0. The Morgan fingerprint density at radius 1 is 1.33 bits per heavy atom. The normalized spacial score (nSPS) is 11.6. The van der Waals surface area contributed by atoms with Crippen molar-refractivity contribution < 1.29 is 8.42 Å². The zero-order chi connectivity index (χ0) is 15.5. The van der Waals surface area contributed by atoms with Crippen molar-refractivity contribution in [1.82, 2.24) is 5.32 Å². The van der Waals surface area contributed by atoms with Gasteiger partial charge < -0.3 is 5.32 Å². The van der Waals surface area contributed by atoms with Gasteiger partial charge in [0, 0.05) is 16.4 Å². The average molecular weight is 345 g/mol. The van der Waals surface area contributed by atoms with Crippen LogP contribution >= 0.6 is 22.9 Å². The highest BCUT2D eigenvalue weighted by atomic mass is 35.5. The Morgan fingerprint density at radius 3 is 2.76 bits per heavy atom. The maximum absolute atomic E-state index is 12.6. The number of rotatable bonds is 6. The number of nitrogens with one attached hydrogen (secondary N) is 2. The number of halogens is 1. The number of hydrogen-bond acceptors (Lipinski definition) is 4. The molecule has 7 heteroatoms. The lowest BCUT2D eigenvalue weighted by Crippen LogP contribution is -2.18. The summed E-state index contributed by atoms with van der Waals surface area (Å²) in [7, 11) is -3.62. The van der Waals surface area contributed by atoms with E-state index in [9.17, 15) is 8.42 Å². The fraction of sp³-hybridized carbons (Fsp3) is 0.286. The van der Waals surface area contributed by atoms with E-state index in [1.165, 1.54) is 11.3 Å². The third-order valence-corrected chi connectivity index (χ3v) is 5.95. The van der Waals surface area contributed by atoms with Crippen molar-refractivity contribution in [3.05, 3.63) is 45.1 Å². The second kappa shape index (κ2) is 6.79. The summed E-state index contributed by atoms with van der Waals surface area (Å²) >= 11 is 7.34. The predicted molar refractivity (Wildman–Crippen MR) is 88.7 cm³/mol. The Bertz CT molecular complexity index is 726. The van der Waals surface area contributed by atoms with Gasteiger partial charge in [0.05, 0.1) is 5.69 Å². The van der Waals surface area contributed by atoms with E-state index in [1.54, 1.807) is 31.2 Å². The highest BCUT2D eigenvalue weighted by Crippen LogP contribution is 2.29. The maximum Gasteiger partial charge on any atom is 0.263 e.